The zero-order valence-corrected chi connectivity index (χ0v) is 15.7. The third-order valence-corrected chi connectivity index (χ3v) is 3.63. The van der Waals surface area contributed by atoms with Gasteiger partial charge in [-0.25, -0.2) is 4.98 Å². The molecule has 8 heteroatoms. The summed E-state index contributed by atoms with van der Waals surface area (Å²) in [6, 6.07) is 10.6. The molecular formula is C19H21ClN2O5. The molecule has 1 aromatic heterocycles. The van der Waals surface area contributed by atoms with E-state index in [2.05, 4.69) is 10.3 Å². The first-order valence-electron chi connectivity index (χ1n) is 8.50. The van der Waals surface area contributed by atoms with Crippen molar-refractivity contribution in [2.24, 2.45) is 0 Å². The normalized spacial score (nSPS) is 10.1. The minimum absolute atomic E-state index is 0.137. The Morgan fingerprint density at radius 2 is 1.85 bits per heavy atom. The lowest BCUT2D eigenvalue weighted by molar-refractivity contribution is -0.147. The molecule has 0 atom stereocenters. The van der Waals surface area contributed by atoms with Crippen molar-refractivity contribution in [3.05, 3.63) is 47.7 Å². The summed E-state index contributed by atoms with van der Waals surface area (Å²) < 4.78 is 16.0. The van der Waals surface area contributed by atoms with Crippen molar-refractivity contribution in [3.8, 4) is 11.5 Å². The molecule has 0 aliphatic carbocycles. The van der Waals surface area contributed by atoms with Gasteiger partial charge in [0.2, 0.25) is 0 Å². The summed E-state index contributed by atoms with van der Waals surface area (Å²) in [6.45, 7) is 2.37. The summed E-state index contributed by atoms with van der Waals surface area (Å²) in [5.41, 5.74) is 0.363. The quantitative estimate of drug-likeness (QED) is 0.378. The number of pyridine rings is 1. The number of hydrogen-bond acceptors (Lipinski definition) is 6. The highest BCUT2D eigenvalue weighted by Gasteiger charge is 2.10. The van der Waals surface area contributed by atoms with Crippen molar-refractivity contribution in [1.82, 2.24) is 4.98 Å². The summed E-state index contributed by atoms with van der Waals surface area (Å²) in [6.07, 6.45) is 2.10. The van der Waals surface area contributed by atoms with Gasteiger partial charge in [0.05, 0.1) is 18.9 Å². The number of nitrogens with one attached hydrogen (secondary N) is 1. The molecule has 0 radical (unpaired) electrons. The zero-order valence-electron chi connectivity index (χ0n) is 14.9. The molecule has 2 rings (SSSR count). The molecule has 0 spiro atoms. The molecule has 1 aromatic carbocycles. The third kappa shape index (κ3) is 7.15. The SMILES string of the molecule is CCOc1ccccc1OCCCC(=O)OCC(=O)Nc1cccnc1Cl. The smallest absolute Gasteiger partial charge is 0.306 e. The topological polar surface area (TPSA) is 86.8 Å². The Morgan fingerprint density at radius 3 is 2.56 bits per heavy atom. The number of esters is 1. The maximum Gasteiger partial charge on any atom is 0.306 e. The number of carbonyl (C=O) groups is 2. The number of hydrogen-bond donors (Lipinski definition) is 1. The molecule has 2 aromatic rings. The Balaban J connectivity index is 1.65. The monoisotopic (exact) mass is 392 g/mol. The summed E-state index contributed by atoms with van der Waals surface area (Å²) in [5.74, 6) is 0.318. The fourth-order valence-electron chi connectivity index (χ4n) is 2.13. The van der Waals surface area contributed by atoms with E-state index in [-0.39, 0.29) is 11.6 Å². The van der Waals surface area contributed by atoms with Gasteiger partial charge < -0.3 is 19.5 Å². The Bertz CT molecular complexity index is 769. The molecule has 0 saturated carbocycles. The van der Waals surface area contributed by atoms with E-state index in [1.165, 1.54) is 6.20 Å². The number of para-hydroxylation sites is 2. The van der Waals surface area contributed by atoms with Crippen LogP contribution in [0.25, 0.3) is 0 Å². The molecule has 1 amide bonds. The van der Waals surface area contributed by atoms with Gasteiger partial charge in [-0.3, -0.25) is 9.59 Å². The van der Waals surface area contributed by atoms with Gasteiger partial charge in [-0.2, -0.15) is 0 Å². The number of anilines is 1. The molecular weight excluding hydrogens is 372 g/mol. The molecule has 0 aliphatic heterocycles. The van der Waals surface area contributed by atoms with Crippen LogP contribution < -0.4 is 14.8 Å². The Morgan fingerprint density at radius 1 is 1.11 bits per heavy atom. The van der Waals surface area contributed by atoms with Crippen LogP contribution >= 0.6 is 11.6 Å². The van der Waals surface area contributed by atoms with Crippen LogP contribution in [0.3, 0.4) is 0 Å². The average Bonchev–Trinajstić information content (AvgIpc) is 2.67. The summed E-state index contributed by atoms with van der Waals surface area (Å²) in [4.78, 5) is 27.3. The second kappa shape index (κ2) is 11.0. The van der Waals surface area contributed by atoms with Gasteiger partial charge in [0.25, 0.3) is 5.91 Å². The fourth-order valence-corrected chi connectivity index (χ4v) is 2.29. The largest absolute Gasteiger partial charge is 0.490 e. The zero-order chi connectivity index (χ0) is 19.5. The van der Waals surface area contributed by atoms with E-state index in [4.69, 9.17) is 25.8 Å². The first kappa shape index (κ1) is 20.5. The van der Waals surface area contributed by atoms with Gasteiger partial charge >= 0.3 is 5.97 Å². The number of halogens is 1. The Hall–Kier alpha value is -2.80. The molecule has 144 valence electrons. The maximum atomic E-state index is 11.8. The average molecular weight is 393 g/mol. The predicted octanol–water partition coefficient (Wildman–Crippen LogP) is 3.47. The van der Waals surface area contributed by atoms with E-state index in [0.717, 1.165) is 0 Å². The molecule has 0 saturated heterocycles. The van der Waals surface area contributed by atoms with Crippen LogP contribution in [0.2, 0.25) is 5.15 Å². The van der Waals surface area contributed by atoms with Crippen molar-refractivity contribution >= 4 is 29.2 Å². The van der Waals surface area contributed by atoms with Crippen molar-refractivity contribution in [2.45, 2.75) is 19.8 Å². The predicted molar refractivity (Wildman–Crippen MR) is 101 cm³/mol. The van der Waals surface area contributed by atoms with Crippen LogP contribution in [0, 0.1) is 0 Å². The highest BCUT2D eigenvalue weighted by atomic mass is 35.5. The van der Waals surface area contributed by atoms with Gasteiger partial charge in [0, 0.05) is 12.6 Å². The molecule has 1 heterocycles. The van der Waals surface area contributed by atoms with Crippen LogP contribution in [-0.2, 0) is 14.3 Å². The van der Waals surface area contributed by atoms with E-state index < -0.39 is 18.5 Å². The standard InChI is InChI=1S/C19H21ClN2O5/c1-2-25-15-8-3-4-9-16(15)26-12-6-10-18(24)27-13-17(23)22-14-7-5-11-21-19(14)20/h3-5,7-9,11H,2,6,10,12-13H2,1H3,(H,22,23). The molecule has 0 unspecified atom stereocenters. The van der Waals surface area contributed by atoms with Gasteiger partial charge in [-0.05, 0) is 37.6 Å². The minimum Gasteiger partial charge on any atom is -0.490 e. The van der Waals surface area contributed by atoms with Crippen molar-refractivity contribution < 1.29 is 23.8 Å². The van der Waals surface area contributed by atoms with E-state index in [0.29, 0.717) is 36.8 Å². The number of ether oxygens (including phenoxy) is 3. The lowest BCUT2D eigenvalue weighted by Gasteiger charge is -2.11. The fraction of sp³-hybridized carbons (Fsp3) is 0.316. The van der Waals surface area contributed by atoms with E-state index in [1.807, 2.05) is 25.1 Å². The molecule has 1 N–H and O–H groups in total. The minimum atomic E-state index is -0.486. The van der Waals surface area contributed by atoms with Gasteiger partial charge in [0.1, 0.15) is 0 Å². The van der Waals surface area contributed by atoms with Crippen molar-refractivity contribution in [1.29, 1.82) is 0 Å². The second-order valence-corrected chi connectivity index (χ2v) is 5.74. The second-order valence-electron chi connectivity index (χ2n) is 5.38. The summed E-state index contributed by atoms with van der Waals surface area (Å²) in [5, 5.41) is 2.69. The molecule has 0 aliphatic rings. The van der Waals surface area contributed by atoms with Crippen LogP contribution in [-0.4, -0.2) is 36.7 Å². The van der Waals surface area contributed by atoms with E-state index >= 15 is 0 Å². The number of aromatic nitrogens is 1. The highest BCUT2D eigenvalue weighted by Crippen LogP contribution is 2.26. The van der Waals surface area contributed by atoms with Gasteiger partial charge in [-0.1, -0.05) is 23.7 Å². The highest BCUT2D eigenvalue weighted by molar-refractivity contribution is 6.32. The number of rotatable bonds is 10. The Kier molecular flexibility index (Phi) is 8.38. The lowest BCUT2D eigenvalue weighted by Crippen LogP contribution is -2.21. The summed E-state index contributed by atoms with van der Waals surface area (Å²) in [7, 11) is 0. The Labute approximate surface area is 162 Å². The third-order valence-electron chi connectivity index (χ3n) is 3.33. The van der Waals surface area contributed by atoms with E-state index in [9.17, 15) is 9.59 Å². The summed E-state index contributed by atoms with van der Waals surface area (Å²) >= 11 is 5.84. The van der Waals surface area contributed by atoms with E-state index in [1.54, 1.807) is 18.2 Å². The van der Waals surface area contributed by atoms with Crippen molar-refractivity contribution in [3.63, 3.8) is 0 Å². The lowest BCUT2D eigenvalue weighted by atomic mass is 10.3. The maximum absolute atomic E-state index is 11.8. The van der Waals surface area contributed by atoms with Crippen LogP contribution in [0.5, 0.6) is 11.5 Å². The first-order valence-corrected chi connectivity index (χ1v) is 8.88. The van der Waals surface area contributed by atoms with Crippen molar-refractivity contribution in [2.75, 3.05) is 25.1 Å². The van der Waals surface area contributed by atoms with Crippen LogP contribution in [0.15, 0.2) is 42.6 Å². The number of benzene rings is 1. The number of carbonyl (C=O) groups excluding carboxylic acids is 2. The first-order chi connectivity index (χ1) is 13.1. The number of amides is 1. The molecule has 0 fully saturated rings. The molecule has 0 bridgehead atoms. The number of nitrogens with zero attached hydrogens (tertiary/aromatic N) is 1. The van der Waals surface area contributed by atoms with Crippen LogP contribution in [0.4, 0.5) is 5.69 Å². The van der Waals surface area contributed by atoms with Gasteiger partial charge in [0.15, 0.2) is 23.3 Å². The van der Waals surface area contributed by atoms with Gasteiger partial charge in [-0.15, -0.1) is 0 Å². The molecule has 27 heavy (non-hydrogen) atoms. The van der Waals surface area contributed by atoms with Crippen LogP contribution in [0.1, 0.15) is 19.8 Å². The molecule has 7 nitrogen and oxygen atoms in total.